The lowest BCUT2D eigenvalue weighted by atomic mass is 9.82. The van der Waals surface area contributed by atoms with Crippen LogP contribution in [0.25, 0.3) is 0 Å². The number of ether oxygens (including phenoxy) is 9. The molecule has 4 fully saturated rings. The van der Waals surface area contributed by atoms with Crippen molar-refractivity contribution in [2.75, 3.05) is 19.8 Å². The second-order valence-corrected chi connectivity index (χ2v) is 25.6. The lowest BCUT2D eigenvalue weighted by Crippen LogP contribution is -2.72. The number of nitrogens with two attached hydrogens (primary N) is 2. The van der Waals surface area contributed by atoms with E-state index in [1.807, 2.05) is 6.08 Å². The smallest absolute Gasteiger partial charge is 0.474 e. The van der Waals surface area contributed by atoms with Gasteiger partial charge in [0, 0.05) is 13.8 Å². The van der Waals surface area contributed by atoms with Gasteiger partial charge in [-0.1, -0.05) is 73.1 Å². The number of phosphoric ester groups is 1. The van der Waals surface area contributed by atoms with Crippen LogP contribution in [0.2, 0.25) is 0 Å². The average molecular weight is 1330 g/mol. The number of amides is 4. The monoisotopic (exact) mass is 1320 g/mol. The van der Waals surface area contributed by atoms with Gasteiger partial charge in [0.1, 0.15) is 66.5 Å². The summed E-state index contributed by atoms with van der Waals surface area (Å²) in [4.78, 5) is 86.0. The Morgan fingerprint density at radius 1 is 0.736 bits per heavy atom. The van der Waals surface area contributed by atoms with Crippen LogP contribution in [0.5, 0.6) is 0 Å². The van der Waals surface area contributed by atoms with Gasteiger partial charge in [-0.15, -0.1) is 0 Å². The van der Waals surface area contributed by atoms with E-state index < -0.39 is 185 Å². The van der Waals surface area contributed by atoms with Crippen molar-refractivity contribution in [1.82, 2.24) is 10.6 Å². The van der Waals surface area contributed by atoms with Crippen molar-refractivity contribution in [2.24, 2.45) is 16.9 Å². The number of carbonyl (C=O) groups is 6. The van der Waals surface area contributed by atoms with E-state index in [1.54, 1.807) is 13.0 Å². The van der Waals surface area contributed by atoms with Gasteiger partial charge in [-0.25, -0.2) is 18.9 Å². The van der Waals surface area contributed by atoms with Gasteiger partial charge in [0.2, 0.25) is 17.7 Å². The molecule has 33 heteroatoms. The molecule has 0 bridgehead atoms. The van der Waals surface area contributed by atoms with Gasteiger partial charge in [-0.2, -0.15) is 0 Å². The standard InChI is InChI=1S/C58H93N4O28P/c1-27(2)15-14-17-28(3)18-19-30(5)20-23-57(9,10)22-13-12-16-29(4)21-24-80-35(50(72)73)26-81-91(78,79)90-55-46(47(89-56(60)76)58(11,77)48(88-55)49(59)71)87-53-37(62-33(8)65)39(67)44(34(25-63)83-53)85-52-36(61-32(7)64)38(66)43(31(6)82-52)84-54-42(70)40(68)41(69)45(86-54)51(74)75/h12-13,15,18,21,31,34-48,52-55,63,66-70,77H,5,14,16-17,19-20,22-26H2,1-4,6-11H3,(H2,59,71)(H2,60,76)(H,61,64)(H,62,65)(H,72,73)(H,74,75)(H,78,79)/b13-12+,28-18+,29-21-/t31-,34-,35-,36-,37-,38-,39-,40+,41+,42-,43-,44-,45+,46-,47-,48-,52+,53+,54-,55-,58+/m1/s1. The summed E-state index contributed by atoms with van der Waals surface area (Å²) >= 11 is 0. The van der Waals surface area contributed by atoms with Crippen LogP contribution in [0.15, 0.2) is 59.3 Å². The van der Waals surface area contributed by atoms with E-state index >= 15 is 0 Å². The van der Waals surface area contributed by atoms with Crippen molar-refractivity contribution in [3.8, 4) is 0 Å². The van der Waals surface area contributed by atoms with Crippen LogP contribution in [0, 0.1) is 5.41 Å². The fourth-order valence-electron chi connectivity index (χ4n) is 10.2. The summed E-state index contributed by atoms with van der Waals surface area (Å²) in [5.41, 5.74) is 12.7. The quantitative estimate of drug-likeness (QED) is 0.0303. The number of hydrogen-bond donors (Lipinski definition) is 14. The number of carbonyl (C=O) groups excluding carboxylic acids is 4. The highest BCUT2D eigenvalue weighted by Gasteiger charge is 2.62. The molecule has 518 valence electrons. The predicted molar refractivity (Wildman–Crippen MR) is 315 cm³/mol. The molecule has 0 aliphatic carbocycles. The Kier molecular flexibility index (Phi) is 30.0. The van der Waals surface area contributed by atoms with Gasteiger partial charge in [-0.05, 0) is 91.9 Å². The number of aliphatic carboxylic acids is 2. The second kappa shape index (κ2) is 34.8. The number of allylic oxidation sites excluding steroid dienone is 8. The zero-order chi connectivity index (χ0) is 68.6. The zero-order valence-corrected chi connectivity index (χ0v) is 53.5. The summed E-state index contributed by atoms with van der Waals surface area (Å²) in [5.74, 6) is -6.65. The Morgan fingerprint density at radius 2 is 1.33 bits per heavy atom. The normalized spacial score (nSPS) is 34.3. The van der Waals surface area contributed by atoms with Gasteiger partial charge >= 0.3 is 25.9 Å². The first-order valence-corrected chi connectivity index (χ1v) is 30.9. The Bertz CT molecular complexity index is 2670. The Morgan fingerprint density at radius 3 is 1.89 bits per heavy atom. The number of phosphoric acid groups is 1. The van der Waals surface area contributed by atoms with E-state index in [4.69, 9.17) is 63.1 Å². The fraction of sp³-hybridized carbons (Fsp3) is 0.724. The third kappa shape index (κ3) is 23.1. The second-order valence-electron chi connectivity index (χ2n) is 24.2. The molecule has 16 N–H and O–H groups in total. The first-order chi connectivity index (χ1) is 42.3. The first-order valence-electron chi connectivity index (χ1n) is 29.4. The Labute approximate surface area is 527 Å². The van der Waals surface area contributed by atoms with E-state index in [9.17, 15) is 84.2 Å². The zero-order valence-electron chi connectivity index (χ0n) is 52.6. The van der Waals surface area contributed by atoms with Crippen molar-refractivity contribution in [2.45, 2.75) is 242 Å². The largest absolute Gasteiger partial charge is 0.479 e. The van der Waals surface area contributed by atoms with Gasteiger partial charge in [0.15, 0.2) is 55.7 Å². The molecule has 4 saturated heterocycles. The number of primary amides is 2. The highest BCUT2D eigenvalue weighted by atomic mass is 31.2. The van der Waals surface area contributed by atoms with Crippen LogP contribution in [0.1, 0.15) is 114 Å². The summed E-state index contributed by atoms with van der Waals surface area (Å²) in [7, 11) is -5.71. The summed E-state index contributed by atoms with van der Waals surface area (Å²) < 4.78 is 75.3. The molecule has 91 heavy (non-hydrogen) atoms. The van der Waals surface area contributed by atoms with Crippen LogP contribution < -0.4 is 22.1 Å². The van der Waals surface area contributed by atoms with E-state index in [1.165, 1.54) is 18.1 Å². The molecule has 0 saturated carbocycles. The summed E-state index contributed by atoms with van der Waals surface area (Å²) in [6, 6.07) is -3.66. The van der Waals surface area contributed by atoms with E-state index in [2.05, 4.69) is 70.1 Å². The minimum atomic E-state index is -5.71. The Hall–Kier alpha value is -5.17. The van der Waals surface area contributed by atoms with Gasteiger partial charge in [0.05, 0.1) is 25.9 Å². The molecular formula is C58H93N4O28P. The van der Waals surface area contributed by atoms with Crippen LogP contribution in [-0.2, 0) is 80.2 Å². The molecule has 4 heterocycles. The number of aliphatic hydroxyl groups is 7. The highest BCUT2D eigenvalue weighted by molar-refractivity contribution is 7.47. The fourth-order valence-corrected chi connectivity index (χ4v) is 11.1. The van der Waals surface area contributed by atoms with E-state index in [0.717, 1.165) is 70.4 Å². The lowest BCUT2D eigenvalue weighted by Gasteiger charge is -2.51. The maximum absolute atomic E-state index is 13.8. The van der Waals surface area contributed by atoms with E-state index in [-0.39, 0.29) is 12.0 Å². The summed E-state index contributed by atoms with van der Waals surface area (Å²) in [5, 5.41) is 102. The van der Waals surface area contributed by atoms with Crippen LogP contribution in [0.3, 0.4) is 0 Å². The molecule has 4 aliphatic rings. The van der Waals surface area contributed by atoms with Gasteiger partial charge in [0.25, 0.3) is 0 Å². The molecule has 4 aliphatic heterocycles. The van der Waals surface area contributed by atoms with Crippen molar-refractivity contribution < 1.29 is 136 Å². The molecule has 4 rings (SSSR count). The molecule has 4 amide bonds. The maximum Gasteiger partial charge on any atom is 0.474 e. The molecule has 1 unspecified atom stereocenters. The van der Waals surface area contributed by atoms with Crippen molar-refractivity contribution >= 4 is 43.6 Å². The number of rotatable bonds is 33. The molecule has 0 aromatic heterocycles. The molecular weight excluding hydrogens is 1230 g/mol. The van der Waals surface area contributed by atoms with Gasteiger partial charge in [-0.3, -0.25) is 23.4 Å². The summed E-state index contributed by atoms with van der Waals surface area (Å²) in [6.07, 6.45) is -22.6. The van der Waals surface area contributed by atoms with Crippen molar-refractivity contribution in [3.63, 3.8) is 0 Å². The Balaban J connectivity index is 1.51. The van der Waals surface area contributed by atoms with Gasteiger partial charge < -0.3 is 116 Å². The SMILES string of the molecule is C=C(C/C=C(\C)CCC=C(C)C)CCC(C)(C)C/C=C/C/C(C)=C\CO[C@H](COP(=O)(O)O[C@H]1O[C@H](C(N)=O)[C@@](C)(O)[C@H](OC(N)=O)[C@H]1O[C@@H]1O[C@H](CO)[C@@H](O[C@@H]2O[C@H](C)[C@@H](O[C@@H]3O[C@H](C(=O)O)[C@@H](O)[C@H](O)[C@H]3O)[C@H](O)[C@H]2NC(C)=O)[C@H](O)[C@H]1NC(C)=O)C(=O)O. The topological polar surface area (TPSA) is 499 Å². The predicted octanol–water partition coefficient (Wildman–Crippen LogP) is -0.0160. The number of carboxylic acids is 2. The number of carboxylic acid groups (broad SMARTS) is 2. The molecule has 22 atom stereocenters. The first kappa shape index (κ1) is 78.3. The molecule has 32 nitrogen and oxygen atoms in total. The lowest BCUT2D eigenvalue weighted by molar-refractivity contribution is -0.370. The highest BCUT2D eigenvalue weighted by Crippen LogP contribution is 2.49. The van der Waals surface area contributed by atoms with Crippen molar-refractivity contribution in [1.29, 1.82) is 0 Å². The van der Waals surface area contributed by atoms with Crippen LogP contribution in [-0.4, -0.2) is 235 Å². The third-order valence-corrected chi connectivity index (χ3v) is 16.4. The third-order valence-electron chi connectivity index (χ3n) is 15.4. The number of nitrogens with one attached hydrogen (secondary N) is 2. The number of aliphatic hydroxyl groups excluding tert-OH is 6. The van der Waals surface area contributed by atoms with Crippen molar-refractivity contribution in [3.05, 3.63) is 59.3 Å². The van der Waals surface area contributed by atoms with E-state index in [0.29, 0.717) is 6.42 Å². The maximum atomic E-state index is 13.8. The minimum Gasteiger partial charge on any atom is -0.479 e. The van der Waals surface area contributed by atoms with Crippen LogP contribution in [0.4, 0.5) is 4.79 Å². The summed E-state index contributed by atoms with van der Waals surface area (Å²) in [6.45, 7) is 18.2. The average Bonchev–Trinajstić information content (AvgIpc) is 0.764. The number of hydrogen-bond acceptors (Lipinski definition) is 25. The molecule has 0 aromatic carbocycles. The van der Waals surface area contributed by atoms with Crippen LogP contribution >= 0.6 is 7.82 Å². The minimum absolute atomic E-state index is 0.0186. The molecule has 0 radical (unpaired) electrons. The molecule has 0 spiro atoms. The molecule has 0 aromatic rings.